The van der Waals surface area contributed by atoms with Crippen molar-refractivity contribution < 1.29 is 14.7 Å². The molecule has 0 aromatic heterocycles. The van der Waals surface area contributed by atoms with Gasteiger partial charge >= 0.3 is 12.0 Å². The Morgan fingerprint density at radius 3 is 2.37 bits per heavy atom. The van der Waals surface area contributed by atoms with Crippen LogP contribution in [-0.2, 0) is 4.79 Å². The van der Waals surface area contributed by atoms with Gasteiger partial charge in [0.2, 0.25) is 0 Å². The van der Waals surface area contributed by atoms with Gasteiger partial charge < -0.3 is 15.3 Å². The quantitative estimate of drug-likeness (QED) is 0.809. The summed E-state index contributed by atoms with van der Waals surface area (Å²) < 4.78 is 0. The van der Waals surface area contributed by atoms with Crippen LogP contribution < -0.4 is 5.32 Å². The van der Waals surface area contributed by atoms with E-state index < -0.39 is 17.4 Å². The maximum atomic E-state index is 12.3. The number of urea groups is 1. The summed E-state index contributed by atoms with van der Waals surface area (Å²) in [6.45, 7) is 10.3. The van der Waals surface area contributed by atoms with E-state index in [9.17, 15) is 14.7 Å². The van der Waals surface area contributed by atoms with E-state index in [1.165, 1.54) is 0 Å². The van der Waals surface area contributed by atoms with Crippen LogP contribution >= 0.6 is 0 Å². The molecule has 1 saturated heterocycles. The number of amides is 2. The summed E-state index contributed by atoms with van der Waals surface area (Å²) in [5.74, 6) is -0.532. The first-order valence-electron chi connectivity index (χ1n) is 6.94. The lowest BCUT2D eigenvalue weighted by Crippen LogP contribution is -2.57. The molecule has 1 heterocycles. The van der Waals surface area contributed by atoms with Crippen LogP contribution in [0.2, 0.25) is 0 Å². The Labute approximate surface area is 115 Å². The number of piperidine rings is 1. The highest BCUT2D eigenvalue weighted by molar-refractivity contribution is 5.83. The van der Waals surface area contributed by atoms with Crippen LogP contribution in [0.1, 0.15) is 47.5 Å². The number of carbonyl (C=O) groups is 2. The third kappa shape index (κ3) is 3.85. The smallest absolute Gasteiger partial charge is 0.326 e. The lowest BCUT2D eigenvalue weighted by atomic mass is 9.86. The van der Waals surface area contributed by atoms with Gasteiger partial charge in [-0.25, -0.2) is 9.59 Å². The zero-order valence-electron chi connectivity index (χ0n) is 12.6. The first-order valence-corrected chi connectivity index (χ1v) is 6.94. The molecule has 1 fully saturated rings. The number of hydrogen-bond acceptors (Lipinski definition) is 2. The monoisotopic (exact) mass is 270 g/mol. The van der Waals surface area contributed by atoms with Gasteiger partial charge in [-0.05, 0) is 31.1 Å². The van der Waals surface area contributed by atoms with Crippen molar-refractivity contribution in [3.8, 4) is 0 Å². The Kier molecular flexibility index (Phi) is 4.82. The first-order chi connectivity index (χ1) is 8.64. The van der Waals surface area contributed by atoms with E-state index in [0.29, 0.717) is 12.5 Å². The van der Waals surface area contributed by atoms with Gasteiger partial charge in [0, 0.05) is 12.6 Å². The van der Waals surface area contributed by atoms with Crippen molar-refractivity contribution >= 4 is 12.0 Å². The van der Waals surface area contributed by atoms with Crippen LogP contribution in [0.3, 0.4) is 0 Å². The van der Waals surface area contributed by atoms with Crippen LogP contribution in [0.4, 0.5) is 4.79 Å². The highest BCUT2D eigenvalue weighted by atomic mass is 16.4. The molecule has 0 aromatic carbocycles. The average molecular weight is 270 g/mol. The molecule has 1 rings (SSSR count). The number of hydrogen-bond donors (Lipinski definition) is 2. The minimum absolute atomic E-state index is 0.156. The fourth-order valence-corrected chi connectivity index (χ4v) is 2.48. The Morgan fingerprint density at radius 1 is 1.32 bits per heavy atom. The van der Waals surface area contributed by atoms with Gasteiger partial charge in [0.05, 0.1) is 0 Å². The van der Waals surface area contributed by atoms with Crippen LogP contribution in [0.15, 0.2) is 0 Å². The van der Waals surface area contributed by atoms with E-state index in [-0.39, 0.29) is 12.1 Å². The molecular formula is C14H26N2O3. The van der Waals surface area contributed by atoms with Gasteiger partial charge in [-0.3, -0.25) is 0 Å². The Morgan fingerprint density at radius 2 is 1.89 bits per heavy atom. The molecule has 2 N–H and O–H groups in total. The number of nitrogens with one attached hydrogen (secondary N) is 1. The average Bonchev–Trinajstić information content (AvgIpc) is 2.27. The molecule has 0 spiro atoms. The van der Waals surface area contributed by atoms with Crippen LogP contribution in [0.5, 0.6) is 0 Å². The molecular weight excluding hydrogens is 244 g/mol. The molecule has 19 heavy (non-hydrogen) atoms. The molecule has 110 valence electrons. The molecule has 5 heteroatoms. The zero-order valence-corrected chi connectivity index (χ0v) is 12.6. The summed E-state index contributed by atoms with van der Waals surface area (Å²) in [7, 11) is 0. The van der Waals surface area contributed by atoms with Crippen LogP contribution in [0.25, 0.3) is 0 Å². The summed E-state index contributed by atoms with van der Waals surface area (Å²) in [5, 5.41) is 11.9. The van der Waals surface area contributed by atoms with Gasteiger partial charge in [-0.2, -0.15) is 0 Å². The topological polar surface area (TPSA) is 69.6 Å². The van der Waals surface area contributed by atoms with E-state index in [1.807, 2.05) is 27.7 Å². The summed E-state index contributed by atoms with van der Waals surface area (Å²) in [5.41, 5.74) is -0.508. The molecule has 0 radical (unpaired) electrons. The summed E-state index contributed by atoms with van der Waals surface area (Å²) in [6.07, 6.45) is 2.10. The predicted molar refractivity (Wildman–Crippen MR) is 74.0 cm³/mol. The summed E-state index contributed by atoms with van der Waals surface area (Å²) >= 11 is 0. The maximum Gasteiger partial charge on any atom is 0.326 e. The van der Waals surface area contributed by atoms with E-state index in [2.05, 4.69) is 12.2 Å². The summed E-state index contributed by atoms with van der Waals surface area (Å²) in [6, 6.07) is -0.978. The Hall–Kier alpha value is -1.26. The SMILES string of the molecule is CC1CCCN(C(=O)NC(C(=O)O)C(C)(C)C)C1C. The highest BCUT2D eigenvalue weighted by Crippen LogP contribution is 2.24. The molecule has 0 aliphatic carbocycles. The van der Waals surface area contributed by atoms with E-state index >= 15 is 0 Å². The third-order valence-corrected chi connectivity index (χ3v) is 4.02. The fraction of sp³-hybridized carbons (Fsp3) is 0.857. The minimum atomic E-state index is -0.987. The zero-order chi connectivity index (χ0) is 14.8. The fourth-order valence-electron chi connectivity index (χ4n) is 2.48. The van der Waals surface area contributed by atoms with Crippen molar-refractivity contribution in [3.63, 3.8) is 0 Å². The van der Waals surface area contributed by atoms with E-state index in [0.717, 1.165) is 12.8 Å². The molecule has 1 aliphatic rings. The number of aliphatic carboxylic acids is 1. The largest absolute Gasteiger partial charge is 0.480 e. The molecule has 0 aromatic rings. The number of likely N-dealkylation sites (tertiary alicyclic amines) is 1. The van der Waals surface area contributed by atoms with Crippen molar-refractivity contribution in [1.29, 1.82) is 0 Å². The van der Waals surface area contributed by atoms with Crippen molar-refractivity contribution in [2.24, 2.45) is 11.3 Å². The standard InChI is InChI=1S/C14H26N2O3/c1-9-7-6-8-16(10(9)2)13(19)15-11(12(17)18)14(3,4)5/h9-11H,6-8H2,1-5H3,(H,15,19)(H,17,18). The van der Waals surface area contributed by atoms with Gasteiger partial charge in [0.15, 0.2) is 0 Å². The van der Waals surface area contributed by atoms with Crippen LogP contribution in [-0.4, -0.2) is 40.6 Å². The second kappa shape index (κ2) is 5.80. The van der Waals surface area contributed by atoms with Crippen molar-refractivity contribution in [2.75, 3.05) is 6.54 Å². The van der Waals surface area contributed by atoms with Crippen LogP contribution in [0, 0.1) is 11.3 Å². The second-order valence-corrected chi connectivity index (χ2v) is 6.64. The van der Waals surface area contributed by atoms with Crippen molar-refractivity contribution in [3.05, 3.63) is 0 Å². The van der Waals surface area contributed by atoms with E-state index in [4.69, 9.17) is 0 Å². The molecule has 0 saturated carbocycles. The second-order valence-electron chi connectivity index (χ2n) is 6.64. The molecule has 1 aliphatic heterocycles. The normalized spacial score (nSPS) is 25.8. The lowest BCUT2D eigenvalue weighted by Gasteiger charge is -2.39. The lowest BCUT2D eigenvalue weighted by molar-refractivity contribution is -0.142. The Balaban J connectivity index is 2.75. The first kappa shape index (κ1) is 15.8. The Bertz CT molecular complexity index is 349. The number of carboxylic acid groups (broad SMARTS) is 1. The molecule has 3 unspecified atom stereocenters. The van der Waals surface area contributed by atoms with Gasteiger partial charge in [0.1, 0.15) is 6.04 Å². The number of rotatable bonds is 2. The van der Waals surface area contributed by atoms with Crippen molar-refractivity contribution in [2.45, 2.75) is 59.5 Å². The van der Waals surface area contributed by atoms with Crippen molar-refractivity contribution in [1.82, 2.24) is 10.2 Å². The summed E-state index contributed by atoms with van der Waals surface area (Å²) in [4.78, 5) is 25.3. The van der Waals surface area contributed by atoms with E-state index in [1.54, 1.807) is 4.90 Å². The van der Waals surface area contributed by atoms with Gasteiger partial charge in [-0.15, -0.1) is 0 Å². The third-order valence-electron chi connectivity index (χ3n) is 4.02. The number of carbonyl (C=O) groups excluding carboxylic acids is 1. The number of carboxylic acids is 1. The molecule has 5 nitrogen and oxygen atoms in total. The van der Waals surface area contributed by atoms with Gasteiger partial charge in [-0.1, -0.05) is 27.7 Å². The minimum Gasteiger partial charge on any atom is -0.480 e. The maximum absolute atomic E-state index is 12.3. The highest BCUT2D eigenvalue weighted by Gasteiger charge is 2.36. The molecule has 0 bridgehead atoms. The number of nitrogens with zero attached hydrogens (tertiary/aromatic N) is 1. The molecule has 3 atom stereocenters. The molecule has 2 amide bonds. The predicted octanol–water partition coefficient (Wildman–Crippen LogP) is 2.32. The van der Waals surface area contributed by atoms with Gasteiger partial charge in [0.25, 0.3) is 0 Å².